The summed E-state index contributed by atoms with van der Waals surface area (Å²) in [7, 11) is 1.59. The number of rotatable bonds is 4. The largest absolute Gasteiger partial charge is 0.504 e. The molecule has 0 unspecified atom stereocenters. The van der Waals surface area contributed by atoms with Gasteiger partial charge in [-0.1, -0.05) is 18.2 Å². The second-order valence-corrected chi connectivity index (χ2v) is 7.45. The van der Waals surface area contributed by atoms with Crippen molar-refractivity contribution in [3.05, 3.63) is 47.3 Å². The first-order valence-electron chi connectivity index (χ1n) is 8.89. The van der Waals surface area contributed by atoms with E-state index in [9.17, 15) is 9.90 Å². The summed E-state index contributed by atoms with van der Waals surface area (Å²) in [5.41, 5.74) is 2.83. The van der Waals surface area contributed by atoms with Crippen LogP contribution in [0.3, 0.4) is 0 Å². The number of carbonyl (C=O) groups excluding carboxylic acids is 1. The van der Waals surface area contributed by atoms with E-state index in [4.69, 9.17) is 9.47 Å². The summed E-state index contributed by atoms with van der Waals surface area (Å²) in [6, 6.07) is 12.0. The molecule has 0 atom stereocenters. The molecule has 0 saturated carbocycles. The number of benzene rings is 2. The van der Waals surface area contributed by atoms with Gasteiger partial charge in [0.25, 0.3) is 0 Å². The van der Waals surface area contributed by atoms with E-state index >= 15 is 0 Å². The Morgan fingerprint density at radius 1 is 1.33 bits per heavy atom. The van der Waals surface area contributed by atoms with Crippen molar-refractivity contribution in [1.29, 1.82) is 0 Å². The Balaban J connectivity index is 1.71. The molecule has 2 heterocycles. The monoisotopic (exact) mass is 383 g/mol. The van der Waals surface area contributed by atoms with Crippen molar-refractivity contribution in [2.24, 2.45) is 0 Å². The SMILES string of the molecule is COCCC(=O)N1CCOc2c(O)cc(-c3csc4ccccc34)cc2C1. The number of amides is 1. The van der Waals surface area contributed by atoms with E-state index in [0.29, 0.717) is 38.5 Å². The van der Waals surface area contributed by atoms with Crippen molar-refractivity contribution in [1.82, 2.24) is 4.90 Å². The Morgan fingerprint density at radius 3 is 3.04 bits per heavy atom. The molecule has 27 heavy (non-hydrogen) atoms. The Kier molecular flexibility index (Phi) is 5.01. The van der Waals surface area contributed by atoms with Crippen molar-refractivity contribution in [2.45, 2.75) is 13.0 Å². The molecule has 0 aliphatic carbocycles. The molecule has 140 valence electrons. The third-order valence-corrected chi connectivity index (χ3v) is 5.74. The number of phenolic OH excluding ortho intramolecular Hbond substituents is 1. The maximum atomic E-state index is 12.4. The molecular weight excluding hydrogens is 362 g/mol. The van der Waals surface area contributed by atoms with Crippen LogP contribution in [0.15, 0.2) is 41.8 Å². The van der Waals surface area contributed by atoms with Crippen molar-refractivity contribution in [3.8, 4) is 22.6 Å². The summed E-state index contributed by atoms with van der Waals surface area (Å²) >= 11 is 1.68. The van der Waals surface area contributed by atoms with Crippen molar-refractivity contribution >= 4 is 27.3 Å². The van der Waals surface area contributed by atoms with E-state index in [1.54, 1.807) is 29.4 Å². The number of ether oxygens (including phenoxy) is 2. The number of methoxy groups -OCH3 is 1. The van der Waals surface area contributed by atoms with Crippen LogP contribution in [0.1, 0.15) is 12.0 Å². The molecule has 1 amide bonds. The van der Waals surface area contributed by atoms with E-state index in [0.717, 1.165) is 22.1 Å². The molecule has 4 rings (SSSR count). The highest BCUT2D eigenvalue weighted by Crippen LogP contribution is 2.41. The summed E-state index contributed by atoms with van der Waals surface area (Å²) in [4.78, 5) is 14.2. The topological polar surface area (TPSA) is 59.0 Å². The summed E-state index contributed by atoms with van der Waals surface area (Å²) < 4.78 is 12.0. The first-order valence-corrected chi connectivity index (χ1v) is 9.77. The zero-order valence-corrected chi connectivity index (χ0v) is 15.9. The summed E-state index contributed by atoms with van der Waals surface area (Å²) in [5, 5.41) is 13.8. The fraction of sp³-hybridized carbons (Fsp3) is 0.286. The highest BCUT2D eigenvalue weighted by Gasteiger charge is 2.23. The number of phenols is 1. The minimum Gasteiger partial charge on any atom is -0.504 e. The predicted molar refractivity (Wildman–Crippen MR) is 106 cm³/mol. The minimum absolute atomic E-state index is 0.0270. The molecule has 0 bridgehead atoms. The van der Waals surface area contributed by atoms with Crippen molar-refractivity contribution in [2.75, 3.05) is 26.9 Å². The van der Waals surface area contributed by atoms with Gasteiger partial charge in [0, 0.05) is 34.9 Å². The summed E-state index contributed by atoms with van der Waals surface area (Å²) in [6.07, 6.45) is 0.340. The Bertz CT molecular complexity index is 981. The number of aromatic hydroxyl groups is 1. The third-order valence-electron chi connectivity index (χ3n) is 4.78. The number of fused-ring (bicyclic) bond motifs is 2. The summed E-state index contributed by atoms with van der Waals surface area (Å²) in [6.45, 7) is 1.67. The third kappa shape index (κ3) is 3.50. The van der Waals surface area contributed by atoms with Crippen LogP contribution < -0.4 is 4.74 Å². The van der Waals surface area contributed by atoms with Crippen LogP contribution in [0, 0.1) is 0 Å². The second kappa shape index (κ2) is 7.58. The quantitative estimate of drug-likeness (QED) is 0.739. The maximum absolute atomic E-state index is 12.4. The van der Waals surface area contributed by atoms with E-state index < -0.39 is 0 Å². The molecule has 5 nitrogen and oxygen atoms in total. The molecule has 0 saturated heterocycles. The molecule has 0 spiro atoms. The van der Waals surface area contributed by atoms with Crippen LogP contribution in [0.5, 0.6) is 11.5 Å². The van der Waals surface area contributed by atoms with Gasteiger partial charge in [0.05, 0.1) is 19.6 Å². The summed E-state index contributed by atoms with van der Waals surface area (Å²) in [5.74, 6) is 0.614. The first kappa shape index (κ1) is 17.8. The number of carbonyl (C=O) groups is 1. The average Bonchev–Trinajstić information content (AvgIpc) is 2.98. The van der Waals surface area contributed by atoms with Gasteiger partial charge in [0.15, 0.2) is 11.5 Å². The zero-order valence-electron chi connectivity index (χ0n) is 15.1. The zero-order chi connectivity index (χ0) is 18.8. The molecule has 1 aliphatic heterocycles. The van der Waals surface area contributed by atoms with Crippen LogP contribution in [-0.4, -0.2) is 42.8 Å². The second-order valence-electron chi connectivity index (χ2n) is 6.54. The smallest absolute Gasteiger partial charge is 0.225 e. The maximum Gasteiger partial charge on any atom is 0.225 e. The molecule has 0 radical (unpaired) electrons. The van der Waals surface area contributed by atoms with E-state index in [2.05, 4.69) is 17.5 Å². The molecule has 3 aromatic rings. The van der Waals surface area contributed by atoms with Crippen LogP contribution >= 0.6 is 11.3 Å². The van der Waals surface area contributed by atoms with Gasteiger partial charge >= 0.3 is 0 Å². The minimum atomic E-state index is 0.0270. The van der Waals surface area contributed by atoms with Crippen LogP contribution in [0.25, 0.3) is 21.2 Å². The van der Waals surface area contributed by atoms with Crippen molar-refractivity contribution in [3.63, 3.8) is 0 Å². The Morgan fingerprint density at radius 2 is 2.19 bits per heavy atom. The number of nitrogens with zero attached hydrogens (tertiary/aromatic N) is 1. The van der Waals surface area contributed by atoms with Gasteiger partial charge in [0.2, 0.25) is 5.91 Å². The lowest BCUT2D eigenvalue weighted by molar-refractivity contribution is -0.132. The highest BCUT2D eigenvalue weighted by atomic mass is 32.1. The van der Waals surface area contributed by atoms with Gasteiger partial charge in [-0.05, 0) is 29.1 Å². The van der Waals surface area contributed by atoms with Gasteiger partial charge in [-0.2, -0.15) is 0 Å². The van der Waals surface area contributed by atoms with Gasteiger partial charge in [-0.3, -0.25) is 4.79 Å². The lowest BCUT2D eigenvalue weighted by Crippen LogP contribution is -2.32. The fourth-order valence-electron chi connectivity index (χ4n) is 3.42. The molecule has 0 fully saturated rings. The van der Waals surface area contributed by atoms with Gasteiger partial charge < -0.3 is 19.5 Å². The van der Waals surface area contributed by atoms with Gasteiger partial charge in [0.1, 0.15) is 6.61 Å². The molecule has 1 aliphatic rings. The predicted octanol–water partition coefficient (Wildman–Crippen LogP) is 4.03. The van der Waals surface area contributed by atoms with Gasteiger partial charge in [-0.25, -0.2) is 0 Å². The first-order chi connectivity index (χ1) is 13.2. The van der Waals surface area contributed by atoms with Crippen LogP contribution in [0.4, 0.5) is 0 Å². The number of hydrogen-bond acceptors (Lipinski definition) is 5. The standard InChI is InChI=1S/C21H21NO4S/c1-25-8-6-20(24)22-7-9-26-21-15(12-22)10-14(11-18(21)23)17-13-27-19-5-3-2-4-16(17)19/h2-5,10-11,13,23H,6-9,12H2,1H3. The van der Waals surface area contributed by atoms with Gasteiger partial charge in [-0.15, -0.1) is 11.3 Å². The Labute approximate surface area is 161 Å². The fourth-order valence-corrected chi connectivity index (χ4v) is 4.39. The molecule has 2 aromatic carbocycles. The molecular formula is C21H21NO4S. The normalized spacial score (nSPS) is 13.9. The lowest BCUT2D eigenvalue weighted by atomic mass is 10.0. The molecule has 1 aromatic heterocycles. The molecule has 6 heteroatoms. The van der Waals surface area contributed by atoms with Crippen LogP contribution in [0.2, 0.25) is 0 Å². The van der Waals surface area contributed by atoms with E-state index in [1.165, 1.54) is 4.70 Å². The highest BCUT2D eigenvalue weighted by molar-refractivity contribution is 7.17. The van der Waals surface area contributed by atoms with Crippen LogP contribution in [-0.2, 0) is 16.1 Å². The number of hydrogen-bond donors (Lipinski definition) is 1. The molecule has 1 N–H and O–H groups in total. The van der Waals surface area contributed by atoms with Crippen molar-refractivity contribution < 1.29 is 19.4 Å². The number of thiophene rings is 1. The van der Waals surface area contributed by atoms with E-state index in [1.807, 2.05) is 18.2 Å². The average molecular weight is 383 g/mol. The van der Waals surface area contributed by atoms with E-state index in [-0.39, 0.29) is 11.7 Å². The Hall–Kier alpha value is -2.57. The lowest BCUT2D eigenvalue weighted by Gasteiger charge is -2.20.